The van der Waals surface area contributed by atoms with Gasteiger partial charge in [-0.3, -0.25) is 4.79 Å². The topological polar surface area (TPSA) is 51.2 Å². The Bertz CT molecular complexity index is 522. The maximum absolute atomic E-state index is 11.7. The lowest BCUT2D eigenvalue weighted by molar-refractivity contribution is -0.117. The Hall–Kier alpha value is -1.68. The average Bonchev–Trinajstić information content (AvgIpc) is 3.33. The summed E-state index contributed by atoms with van der Waals surface area (Å²) in [6, 6.07) is 3.92. The van der Waals surface area contributed by atoms with E-state index in [0.29, 0.717) is 5.82 Å². The Morgan fingerprint density at radius 2 is 2.05 bits per heavy atom. The predicted molar refractivity (Wildman–Crippen MR) is 78.2 cm³/mol. The van der Waals surface area contributed by atoms with E-state index in [-0.39, 0.29) is 11.8 Å². The third-order valence-electron chi connectivity index (χ3n) is 4.02. The average molecular weight is 272 g/mol. The summed E-state index contributed by atoms with van der Waals surface area (Å²) in [6.07, 6.45) is 5.88. The minimum atomic E-state index is 0.102. The number of hydrogen-bond acceptors (Lipinski definition) is 3. The smallest absolute Gasteiger partial charge is 0.228 e. The number of rotatable bonds is 3. The molecule has 2 fully saturated rings. The maximum Gasteiger partial charge on any atom is 0.228 e. The number of aromatic nitrogens is 1. The number of allylic oxidation sites excluding steroid dienone is 1. The van der Waals surface area contributed by atoms with E-state index in [1.54, 1.807) is 0 Å². The van der Waals surface area contributed by atoms with Crippen LogP contribution in [0.25, 0.3) is 5.57 Å². The highest BCUT2D eigenvalue weighted by Gasteiger charge is 2.29. The van der Waals surface area contributed by atoms with Gasteiger partial charge >= 0.3 is 0 Å². The molecule has 1 N–H and O–H groups in total. The standard InChI is InChI=1S/C16H20N2O2/c1-11(12-6-8-20-9-7-12)14-4-5-15(17-10-14)18-16(19)13-2-3-13/h4-5,10,13H,2-3,6-9H2,1H3,(H,17,18,19). The number of carbonyl (C=O) groups excluding carboxylic acids is 1. The lowest BCUT2D eigenvalue weighted by Gasteiger charge is -2.18. The zero-order valence-electron chi connectivity index (χ0n) is 11.8. The summed E-state index contributed by atoms with van der Waals surface area (Å²) in [4.78, 5) is 16.0. The second-order valence-corrected chi connectivity index (χ2v) is 5.54. The third-order valence-corrected chi connectivity index (χ3v) is 4.02. The van der Waals surface area contributed by atoms with Crippen LogP contribution in [0.4, 0.5) is 5.82 Å². The molecule has 1 aliphatic heterocycles. The molecule has 0 atom stereocenters. The zero-order valence-corrected chi connectivity index (χ0v) is 11.8. The van der Waals surface area contributed by atoms with Crippen LogP contribution in [-0.2, 0) is 9.53 Å². The van der Waals surface area contributed by atoms with Crippen LogP contribution in [0.1, 0.15) is 38.2 Å². The SMILES string of the molecule is CC(=C1CCOCC1)c1ccc(NC(=O)C2CC2)nc1. The largest absolute Gasteiger partial charge is 0.381 e. The molecule has 1 saturated heterocycles. The van der Waals surface area contributed by atoms with Gasteiger partial charge in [-0.1, -0.05) is 5.57 Å². The van der Waals surface area contributed by atoms with Crippen LogP contribution in [0.15, 0.2) is 23.9 Å². The van der Waals surface area contributed by atoms with Crippen LogP contribution in [0.5, 0.6) is 0 Å². The summed E-state index contributed by atoms with van der Waals surface area (Å²) in [5.74, 6) is 0.961. The van der Waals surface area contributed by atoms with Gasteiger partial charge in [-0.25, -0.2) is 4.98 Å². The molecular formula is C16H20N2O2. The molecule has 0 bridgehead atoms. The van der Waals surface area contributed by atoms with Crippen molar-refractivity contribution in [3.8, 4) is 0 Å². The van der Waals surface area contributed by atoms with Crippen LogP contribution in [0.3, 0.4) is 0 Å². The van der Waals surface area contributed by atoms with E-state index >= 15 is 0 Å². The van der Waals surface area contributed by atoms with Gasteiger partial charge in [0.15, 0.2) is 0 Å². The fourth-order valence-electron chi connectivity index (χ4n) is 2.46. The first-order chi connectivity index (χ1) is 9.74. The fourth-order valence-corrected chi connectivity index (χ4v) is 2.46. The van der Waals surface area contributed by atoms with Crippen molar-refractivity contribution < 1.29 is 9.53 Å². The number of anilines is 1. The third kappa shape index (κ3) is 3.07. The van der Waals surface area contributed by atoms with Crippen molar-refractivity contribution in [3.05, 3.63) is 29.5 Å². The van der Waals surface area contributed by atoms with E-state index in [9.17, 15) is 4.79 Å². The summed E-state index contributed by atoms with van der Waals surface area (Å²) in [5, 5.41) is 2.86. The van der Waals surface area contributed by atoms with Crippen LogP contribution in [-0.4, -0.2) is 24.1 Å². The molecule has 106 valence electrons. The van der Waals surface area contributed by atoms with Crippen molar-refractivity contribution in [2.45, 2.75) is 32.6 Å². The van der Waals surface area contributed by atoms with Crippen LogP contribution in [0, 0.1) is 5.92 Å². The van der Waals surface area contributed by atoms with Gasteiger partial charge in [0.1, 0.15) is 5.82 Å². The van der Waals surface area contributed by atoms with Gasteiger partial charge in [-0.05, 0) is 55.9 Å². The quantitative estimate of drug-likeness (QED) is 0.920. The lowest BCUT2D eigenvalue weighted by Crippen LogP contribution is -2.14. The molecule has 2 heterocycles. The van der Waals surface area contributed by atoms with Gasteiger partial charge in [0, 0.05) is 12.1 Å². The molecule has 3 rings (SSSR count). The van der Waals surface area contributed by atoms with E-state index in [4.69, 9.17) is 4.74 Å². The van der Waals surface area contributed by atoms with Crippen LogP contribution >= 0.6 is 0 Å². The molecule has 4 nitrogen and oxygen atoms in total. The molecule has 4 heteroatoms. The van der Waals surface area contributed by atoms with E-state index < -0.39 is 0 Å². The minimum absolute atomic E-state index is 0.102. The van der Waals surface area contributed by atoms with E-state index in [0.717, 1.165) is 44.5 Å². The van der Waals surface area contributed by atoms with E-state index in [2.05, 4.69) is 17.2 Å². The molecule has 1 amide bonds. The molecule has 1 aromatic heterocycles. The van der Waals surface area contributed by atoms with Crippen molar-refractivity contribution in [1.82, 2.24) is 4.98 Å². The first-order valence-electron chi connectivity index (χ1n) is 7.27. The molecule has 0 radical (unpaired) electrons. The Morgan fingerprint density at radius 3 is 2.65 bits per heavy atom. The number of nitrogens with one attached hydrogen (secondary N) is 1. The highest BCUT2D eigenvalue weighted by atomic mass is 16.5. The minimum Gasteiger partial charge on any atom is -0.381 e. The zero-order chi connectivity index (χ0) is 13.9. The summed E-state index contributed by atoms with van der Waals surface area (Å²) >= 11 is 0. The maximum atomic E-state index is 11.7. The molecule has 1 saturated carbocycles. The molecule has 0 aromatic carbocycles. The van der Waals surface area contributed by atoms with Crippen molar-refractivity contribution in [2.75, 3.05) is 18.5 Å². The van der Waals surface area contributed by atoms with Crippen molar-refractivity contribution >= 4 is 17.3 Å². The molecule has 1 aromatic rings. The van der Waals surface area contributed by atoms with E-state index in [1.165, 1.54) is 11.1 Å². The van der Waals surface area contributed by atoms with Gasteiger partial charge in [0.2, 0.25) is 5.91 Å². The van der Waals surface area contributed by atoms with Crippen molar-refractivity contribution in [3.63, 3.8) is 0 Å². The van der Waals surface area contributed by atoms with Gasteiger partial charge in [-0.15, -0.1) is 0 Å². The molecular weight excluding hydrogens is 252 g/mol. The highest BCUT2D eigenvalue weighted by molar-refractivity contribution is 5.93. The molecule has 0 unspecified atom stereocenters. The predicted octanol–water partition coefficient (Wildman–Crippen LogP) is 3.01. The van der Waals surface area contributed by atoms with Crippen molar-refractivity contribution in [1.29, 1.82) is 0 Å². The number of pyridine rings is 1. The summed E-state index contributed by atoms with van der Waals surface area (Å²) in [5.41, 5.74) is 3.88. The normalized spacial score (nSPS) is 18.8. The number of nitrogens with zero attached hydrogens (tertiary/aromatic N) is 1. The number of hydrogen-bond donors (Lipinski definition) is 1. The van der Waals surface area contributed by atoms with Gasteiger partial charge < -0.3 is 10.1 Å². The highest BCUT2D eigenvalue weighted by Crippen LogP contribution is 2.30. The van der Waals surface area contributed by atoms with Crippen LogP contribution < -0.4 is 5.32 Å². The lowest BCUT2D eigenvalue weighted by atomic mass is 9.97. The molecule has 2 aliphatic rings. The Balaban J connectivity index is 1.70. The molecule has 20 heavy (non-hydrogen) atoms. The Labute approximate surface area is 119 Å². The Kier molecular flexibility index (Phi) is 3.83. The monoisotopic (exact) mass is 272 g/mol. The number of ether oxygens (including phenoxy) is 1. The summed E-state index contributed by atoms with van der Waals surface area (Å²) < 4.78 is 5.38. The Morgan fingerprint density at radius 1 is 1.30 bits per heavy atom. The van der Waals surface area contributed by atoms with Crippen LogP contribution in [0.2, 0.25) is 0 Å². The summed E-state index contributed by atoms with van der Waals surface area (Å²) in [7, 11) is 0. The van der Waals surface area contributed by atoms with Crippen molar-refractivity contribution in [2.24, 2.45) is 5.92 Å². The van der Waals surface area contributed by atoms with E-state index in [1.807, 2.05) is 18.3 Å². The second kappa shape index (κ2) is 5.75. The second-order valence-electron chi connectivity index (χ2n) is 5.54. The fraction of sp³-hybridized carbons (Fsp3) is 0.500. The number of amides is 1. The summed E-state index contributed by atoms with van der Waals surface area (Å²) in [6.45, 7) is 3.77. The van der Waals surface area contributed by atoms with Gasteiger partial charge in [0.25, 0.3) is 0 Å². The number of carbonyl (C=O) groups is 1. The molecule has 1 aliphatic carbocycles. The first-order valence-corrected chi connectivity index (χ1v) is 7.27. The first kappa shape index (κ1) is 13.3. The molecule has 0 spiro atoms. The van der Waals surface area contributed by atoms with Gasteiger partial charge in [0.05, 0.1) is 13.2 Å². The van der Waals surface area contributed by atoms with Gasteiger partial charge in [-0.2, -0.15) is 0 Å².